The van der Waals surface area contributed by atoms with Crippen LogP contribution < -0.4 is 0 Å². The first kappa shape index (κ1) is 16.4. The minimum atomic E-state index is -0.335. The molecule has 0 aromatic rings. The highest BCUT2D eigenvalue weighted by Crippen LogP contribution is 2.11. The molecule has 3 nitrogen and oxygen atoms in total. The highest BCUT2D eigenvalue weighted by atomic mass is 16.7. The van der Waals surface area contributed by atoms with Crippen LogP contribution in [0.5, 0.6) is 0 Å². The van der Waals surface area contributed by atoms with Crippen molar-refractivity contribution in [3.05, 3.63) is 0 Å². The summed E-state index contributed by atoms with van der Waals surface area (Å²) in [6, 6.07) is 0. The summed E-state index contributed by atoms with van der Waals surface area (Å²) >= 11 is 0. The second-order valence-electron chi connectivity index (χ2n) is 4.47. The molecule has 102 valence electrons. The average molecular weight is 244 g/mol. The zero-order valence-corrected chi connectivity index (χ0v) is 11.7. The number of esters is 1. The summed E-state index contributed by atoms with van der Waals surface area (Å²) in [5.74, 6) is -0.253. The van der Waals surface area contributed by atoms with E-state index in [4.69, 9.17) is 9.47 Å². The fourth-order valence-electron chi connectivity index (χ4n) is 1.70. The Balaban J connectivity index is 3.56. The second-order valence-corrected chi connectivity index (χ2v) is 4.47. The Bertz CT molecular complexity index is 180. The van der Waals surface area contributed by atoms with Crippen molar-refractivity contribution >= 4 is 5.97 Å². The number of carbonyl (C=O) groups is 1. The molecule has 0 saturated carbocycles. The van der Waals surface area contributed by atoms with Crippen LogP contribution in [0.1, 0.15) is 72.1 Å². The largest absolute Gasteiger partial charge is 0.436 e. The third kappa shape index (κ3) is 11.7. The van der Waals surface area contributed by atoms with E-state index in [9.17, 15) is 4.79 Å². The molecule has 0 saturated heterocycles. The summed E-state index contributed by atoms with van der Waals surface area (Å²) in [6.45, 7) is 6.36. The number of ether oxygens (including phenoxy) is 2. The molecule has 0 aromatic carbocycles. The summed E-state index contributed by atoms with van der Waals surface area (Å²) in [5.41, 5.74) is 0. The van der Waals surface area contributed by atoms with E-state index >= 15 is 0 Å². The van der Waals surface area contributed by atoms with Gasteiger partial charge in [-0.05, 0) is 12.8 Å². The SMILES string of the molecule is CCCCCCCCC(OCCC)OC(C)=O. The Morgan fingerprint density at radius 3 is 2.24 bits per heavy atom. The predicted octanol–water partition coefficient (Wildman–Crippen LogP) is 4.05. The lowest BCUT2D eigenvalue weighted by Gasteiger charge is -2.17. The third-order valence-electron chi connectivity index (χ3n) is 2.60. The molecule has 3 heteroatoms. The topological polar surface area (TPSA) is 35.5 Å². The molecule has 0 aliphatic carbocycles. The van der Waals surface area contributed by atoms with Crippen LogP contribution in [0.15, 0.2) is 0 Å². The molecule has 0 aromatic heterocycles. The molecule has 0 N–H and O–H groups in total. The molecule has 0 heterocycles. The molecule has 0 fully saturated rings. The van der Waals surface area contributed by atoms with E-state index in [1.807, 2.05) is 0 Å². The van der Waals surface area contributed by atoms with Gasteiger partial charge in [0, 0.05) is 13.3 Å². The van der Waals surface area contributed by atoms with Crippen molar-refractivity contribution in [3.63, 3.8) is 0 Å². The Hall–Kier alpha value is -0.570. The highest BCUT2D eigenvalue weighted by molar-refractivity contribution is 5.66. The van der Waals surface area contributed by atoms with E-state index in [0.717, 1.165) is 19.3 Å². The summed E-state index contributed by atoms with van der Waals surface area (Å²) in [5, 5.41) is 0. The molecule has 1 unspecified atom stereocenters. The lowest BCUT2D eigenvalue weighted by Crippen LogP contribution is -2.20. The highest BCUT2D eigenvalue weighted by Gasteiger charge is 2.11. The number of hydrogen-bond donors (Lipinski definition) is 0. The number of rotatable bonds is 11. The maximum atomic E-state index is 10.9. The van der Waals surface area contributed by atoms with Crippen LogP contribution in [0.25, 0.3) is 0 Å². The van der Waals surface area contributed by atoms with Gasteiger partial charge < -0.3 is 9.47 Å². The van der Waals surface area contributed by atoms with Gasteiger partial charge in [-0.3, -0.25) is 4.79 Å². The van der Waals surface area contributed by atoms with E-state index in [-0.39, 0.29) is 12.3 Å². The quantitative estimate of drug-likeness (QED) is 0.312. The van der Waals surface area contributed by atoms with Gasteiger partial charge in [-0.1, -0.05) is 46.0 Å². The molecule has 0 aliphatic rings. The van der Waals surface area contributed by atoms with Crippen molar-refractivity contribution < 1.29 is 14.3 Å². The molecule has 0 amide bonds. The van der Waals surface area contributed by atoms with Gasteiger partial charge in [0.25, 0.3) is 0 Å². The second kappa shape index (κ2) is 11.9. The van der Waals surface area contributed by atoms with Crippen molar-refractivity contribution in [1.82, 2.24) is 0 Å². The monoisotopic (exact) mass is 244 g/mol. The van der Waals surface area contributed by atoms with Gasteiger partial charge in [0.1, 0.15) is 0 Å². The molecule has 17 heavy (non-hydrogen) atoms. The van der Waals surface area contributed by atoms with Crippen LogP contribution in [-0.4, -0.2) is 18.9 Å². The van der Waals surface area contributed by atoms with Crippen LogP contribution in [0.4, 0.5) is 0 Å². The third-order valence-corrected chi connectivity index (χ3v) is 2.60. The first-order valence-corrected chi connectivity index (χ1v) is 6.99. The Kier molecular flexibility index (Phi) is 11.5. The van der Waals surface area contributed by atoms with E-state index in [2.05, 4.69) is 13.8 Å². The summed E-state index contributed by atoms with van der Waals surface area (Å²) in [6.07, 6.45) is 8.89. The van der Waals surface area contributed by atoms with Gasteiger partial charge in [-0.2, -0.15) is 0 Å². The van der Waals surface area contributed by atoms with E-state index in [0.29, 0.717) is 6.61 Å². The molecular weight excluding hydrogens is 216 g/mol. The summed E-state index contributed by atoms with van der Waals surface area (Å²) < 4.78 is 10.6. The van der Waals surface area contributed by atoms with Crippen molar-refractivity contribution in [1.29, 1.82) is 0 Å². The molecule has 0 aliphatic heterocycles. The fourth-order valence-corrected chi connectivity index (χ4v) is 1.70. The predicted molar refractivity (Wildman–Crippen MR) is 69.8 cm³/mol. The van der Waals surface area contributed by atoms with E-state index < -0.39 is 0 Å². The summed E-state index contributed by atoms with van der Waals surface area (Å²) in [7, 11) is 0. The van der Waals surface area contributed by atoms with Gasteiger partial charge in [-0.25, -0.2) is 0 Å². The zero-order chi connectivity index (χ0) is 12.9. The number of hydrogen-bond acceptors (Lipinski definition) is 3. The van der Waals surface area contributed by atoms with Crippen LogP contribution in [0, 0.1) is 0 Å². The summed E-state index contributed by atoms with van der Waals surface area (Å²) in [4.78, 5) is 10.9. The Labute approximate surface area is 106 Å². The number of unbranched alkanes of at least 4 members (excludes halogenated alkanes) is 5. The maximum Gasteiger partial charge on any atom is 0.304 e. The Morgan fingerprint density at radius 2 is 1.65 bits per heavy atom. The van der Waals surface area contributed by atoms with Crippen LogP contribution in [-0.2, 0) is 14.3 Å². The van der Waals surface area contributed by atoms with Crippen molar-refractivity contribution in [2.45, 2.75) is 78.4 Å². The zero-order valence-electron chi connectivity index (χ0n) is 11.7. The van der Waals surface area contributed by atoms with Gasteiger partial charge in [0.05, 0.1) is 6.61 Å². The number of carbonyl (C=O) groups excluding carboxylic acids is 1. The van der Waals surface area contributed by atoms with Crippen LogP contribution >= 0.6 is 0 Å². The van der Waals surface area contributed by atoms with Crippen molar-refractivity contribution in [2.75, 3.05) is 6.61 Å². The standard InChI is InChI=1S/C14H28O3/c1-4-6-7-8-9-10-11-14(16-12-5-2)17-13(3)15/h14H,4-12H2,1-3H3. The minimum Gasteiger partial charge on any atom is -0.436 e. The Morgan fingerprint density at radius 1 is 1.00 bits per heavy atom. The minimum absolute atomic E-state index is 0.253. The van der Waals surface area contributed by atoms with Crippen molar-refractivity contribution in [3.8, 4) is 0 Å². The first-order valence-electron chi connectivity index (χ1n) is 6.99. The fraction of sp³-hybridized carbons (Fsp3) is 0.929. The van der Waals surface area contributed by atoms with Crippen LogP contribution in [0.3, 0.4) is 0 Å². The van der Waals surface area contributed by atoms with Gasteiger partial charge in [0.15, 0.2) is 0 Å². The molecule has 0 rings (SSSR count). The maximum absolute atomic E-state index is 10.9. The van der Waals surface area contributed by atoms with Gasteiger partial charge in [-0.15, -0.1) is 0 Å². The van der Waals surface area contributed by atoms with Crippen LogP contribution in [0.2, 0.25) is 0 Å². The van der Waals surface area contributed by atoms with E-state index in [1.165, 1.54) is 39.0 Å². The molecule has 0 radical (unpaired) electrons. The lowest BCUT2D eigenvalue weighted by molar-refractivity contribution is -0.177. The van der Waals surface area contributed by atoms with E-state index in [1.54, 1.807) is 0 Å². The lowest BCUT2D eigenvalue weighted by atomic mass is 10.1. The molecule has 0 spiro atoms. The van der Waals surface area contributed by atoms with Gasteiger partial charge >= 0.3 is 5.97 Å². The van der Waals surface area contributed by atoms with Gasteiger partial charge in [0.2, 0.25) is 6.29 Å². The smallest absolute Gasteiger partial charge is 0.304 e. The average Bonchev–Trinajstić information content (AvgIpc) is 2.29. The molecule has 1 atom stereocenters. The molecule has 0 bridgehead atoms. The molecular formula is C14H28O3. The normalized spacial score (nSPS) is 12.4. The first-order chi connectivity index (χ1) is 8.20. The van der Waals surface area contributed by atoms with Crippen molar-refractivity contribution in [2.24, 2.45) is 0 Å².